The van der Waals surface area contributed by atoms with Gasteiger partial charge in [-0.15, -0.1) is 0 Å². The first-order valence-electron chi connectivity index (χ1n) is 9.70. The first-order chi connectivity index (χ1) is 12.4. The summed E-state index contributed by atoms with van der Waals surface area (Å²) in [6.45, 7) is 15.1. The monoisotopic (exact) mass is 371 g/mol. The Morgan fingerprint density at radius 2 is 1.81 bits per heavy atom. The molecule has 0 spiro atoms. The van der Waals surface area contributed by atoms with E-state index in [-0.39, 0.29) is 0 Å². The highest BCUT2D eigenvalue weighted by Crippen LogP contribution is 2.06. The Balaban J connectivity index is 2.14. The van der Waals surface area contributed by atoms with E-state index in [2.05, 4.69) is 25.8 Å². The second kappa shape index (κ2) is 12.8. The van der Waals surface area contributed by atoms with E-state index in [1.54, 1.807) is 0 Å². The fraction of sp³-hybridized carbons (Fsp3) is 0.889. The summed E-state index contributed by atoms with van der Waals surface area (Å²) in [7, 11) is 0. The first kappa shape index (κ1) is 22.5. The van der Waals surface area contributed by atoms with Crippen LogP contribution in [-0.4, -0.2) is 81.6 Å². The van der Waals surface area contributed by atoms with Gasteiger partial charge in [0.2, 0.25) is 0 Å². The molecule has 8 nitrogen and oxygen atoms in total. The number of guanidine groups is 1. The van der Waals surface area contributed by atoms with Crippen LogP contribution in [0.2, 0.25) is 0 Å². The lowest BCUT2D eigenvalue weighted by Crippen LogP contribution is -2.42. The molecule has 3 N–H and O–H groups in total. The van der Waals surface area contributed by atoms with Gasteiger partial charge in [0.25, 0.3) is 0 Å². The highest BCUT2D eigenvalue weighted by Gasteiger charge is 2.15. The Hall–Kier alpha value is -1.54. The molecule has 1 aliphatic rings. The first-order valence-corrected chi connectivity index (χ1v) is 9.70. The number of amides is 1. The number of morpholine rings is 1. The Bertz CT molecular complexity index is 418. The van der Waals surface area contributed by atoms with Gasteiger partial charge in [0.15, 0.2) is 5.96 Å². The number of carbonyl (C=O) groups is 1. The molecule has 1 fully saturated rings. The number of unbranched alkanes of at least 4 members (excludes halogenated alkanes) is 1. The lowest BCUT2D eigenvalue weighted by molar-refractivity contribution is 0.0373. The molecule has 0 saturated carbocycles. The second-order valence-corrected chi connectivity index (χ2v) is 7.28. The van der Waals surface area contributed by atoms with Gasteiger partial charge >= 0.3 is 6.09 Å². The van der Waals surface area contributed by atoms with Crippen molar-refractivity contribution in [1.82, 2.24) is 20.9 Å². The molecule has 8 heteroatoms. The summed E-state index contributed by atoms with van der Waals surface area (Å²) in [5, 5.41) is 9.17. The predicted octanol–water partition coefficient (Wildman–Crippen LogP) is 1.18. The lowest BCUT2D eigenvalue weighted by Gasteiger charge is -2.26. The molecule has 0 radical (unpaired) electrons. The van der Waals surface area contributed by atoms with Gasteiger partial charge in [0.1, 0.15) is 5.60 Å². The molecule has 1 rings (SSSR count). The van der Waals surface area contributed by atoms with Gasteiger partial charge < -0.3 is 25.4 Å². The van der Waals surface area contributed by atoms with Crippen molar-refractivity contribution in [3.8, 4) is 0 Å². The molecule has 26 heavy (non-hydrogen) atoms. The van der Waals surface area contributed by atoms with Crippen LogP contribution in [0.25, 0.3) is 0 Å². The van der Waals surface area contributed by atoms with E-state index >= 15 is 0 Å². The Morgan fingerprint density at radius 3 is 2.46 bits per heavy atom. The van der Waals surface area contributed by atoms with Gasteiger partial charge in [-0.05, 0) is 47.1 Å². The maximum Gasteiger partial charge on any atom is 0.407 e. The summed E-state index contributed by atoms with van der Waals surface area (Å²) in [5.74, 6) is 0.782. The van der Waals surface area contributed by atoms with Crippen molar-refractivity contribution in [1.29, 1.82) is 0 Å². The summed E-state index contributed by atoms with van der Waals surface area (Å²) in [4.78, 5) is 18.6. The summed E-state index contributed by atoms with van der Waals surface area (Å²) in [5.41, 5.74) is -0.477. The number of hydrogen-bond acceptors (Lipinski definition) is 5. The van der Waals surface area contributed by atoms with Crippen molar-refractivity contribution < 1.29 is 14.3 Å². The number of alkyl carbamates (subject to hydrolysis) is 1. The van der Waals surface area contributed by atoms with Crippen molar-refractivity contribution in [3.63, 3.8) is 0 Å². The number of rotatable bonds is 9. The average Bonchev–Trinajstić information content (AvgIpc) is 2.57. The van der Waals surface area contributed by atoms with Crippen LogP contribution >= 0.6 is 0 Å². The fourth-order valence-electron chi connectivity index (χ4n) is 2.46. The van der Waals surface area contributed by atoms with Crippen LogP contribution in [0.1, 0.15) is 40.5 Å². The smallest absolute Gasteiger partial charge is 0.407 e. The molecule has 1 saturated heterocycles. The Morgan fingerprint density at radius 1 is 1.12 bits per heavy atom. The minimum atomic E-state index is -0.477. The minimum absolute atomic E-state index is 0.399. The van der Waals surface area contributed by atoms with E-state index in [9.17, 15) is 4.79 Å². The number of hydrogen-bond donors (Lipinski definition) is 3. The standard InChI is InChI=1S/C18H37N5O3/c1-5-19-16(21-9-10-22-17(24)26-18(2,3)4)20-8-6-7-11-23-12-14-25-15-13-23/h5-15H2,1-4H3,(H,22,24)(H2,19,20,21). The molecule has 152 valence electrons. The van der Waals surface area contributed by atoms with Gasteiger partial charge in [-0.2, -0.15) is 0 Å². The number of nitrogens with zero attached hydrogens (tertiary/aromatic N) is 2. The normalized spacial score (nSPS) is 16.2. The third kappa shape index (κ3) is 11.9. The molecular formula is C18H37N5O3. The van der Waals surface area contributed by atoms with Crippen molar-refractivity contribution in [2.24, 2.45) is 4.99 Å². The zero-order chi connectivity index (χ0) is 19.3. The summed E-state index contributed by atoms with van der Waals surface area (Å²) < 4.78 is 10.6. The Labute approximate surface area is 158 Å². The van der Waals surface area contributed by atoms with Gasteiger partial charge in [0.05, 0.1) is 13.2 Å². The topological polar surface area (TPSA) is 87.2 Å². The molecule has 0 atom stereocenters. The van der Waals surface area contributed by atoms with Crippen LogP contribution < -0.4 is 16.0 Å². The highest BCUT2D eigenvalue weighted by molar-refractivity contribution is 5.79. The second-order valence-electron chi connectivity index (χ2n) is 7.28. The van der Waals surface area contributed by atoms with Crippen molar-refractivity contribution in [2.45, 2.75) is 46.1 Å². The van der Waals surface area contributed by atoms with Crippen LogP contribution in [0.5, 0.6) is 0 Å². The average molecular weight is 372 g/mol. The molecule has 0 aromatic heterocycles. The van der Waals surface area contributed by atoms with E-state index < -0.39 is 11.7 Å². The minimum Gasteiger partial charge on any atom is -0.444 e. The number of aliphatic imine (C=N–C) groups is 1. The summed E-state index contributed by atoms with van der Waals surface area (Å²) in [6, 6.07) is 0. The molecule has 0 aliphatic carbocycles. The molecule has 0 bridgehead atoms. The van der Waals surface area contributed by atoms with E-state index in [0.29, 0.717) is 13.1 Å². The molecule has 1 aliphatic heterocycles. The van der Waals surface area contributed by atoms with E-state index in [0.717, 1.165) is 64.7 Å². The molecule has 0 aromatic carbocycles. The number of nitrogens with one attached hydrogen (secondary N) is 3. The zero-order valence-corrected chi connectivity index (χ0v) is 16.9. The highest BCUT2D eigenvalue weighted by atomic mass is 16.6. The Kier molecular flexibility index (Phi) is 11.0. The molecular weight excluding hydrogens is 334 g/mol. The molecule has 0 aromatic rings. The van der Waals surface area contributed by atoms with Crippen LogP contribution in [0.4, 0.5) is 4.79 Å². The van der Waals surface area contributed by atoms with Crippen LogP contribution in [0.15, 0.2) is 4.99 Å². The van der Waals surface area contributed by atoms with E-state index in [1.807, 2.05) is 27.7 Å². The van der Waals surface area contributed by atoms with Crippen LogP contribution in [-0.2, 0) is 9.47 Å². The summed E-state index contributed by atoms with van der Waals surface area (Å²) >= 11 is 0. The van der Waals surface area contributed by atoms with E-state index in [4.69, 9.17) is 9.47 Å². The van der Waals surface area contributed by atoms with Gasteiger partial charge in [0, 0.05) is 39.3 Å². The molecule has 0 unspecified atom stereocenters. The third-order valence-corrected chi connectivity index (χ3v) is 3.69. The van der Waals surface area contributed by atoms with Gasteiger partial charge in [-0.1, -0.05) is 0 Å². The fourth-order valence-corrected chi connectivity index (χ4v) is 2.46. The lowest BCUT2D eigenvalue weighted by atomic mass is 10.2. The number of ether oxygens (including phenoxy) is 2. The largest absolute Gasteiger partial charge is 0.444 e. The van der Waals surface area contributed by atoms with Crippen molar-refractivity contribution >= 4 is 12.1 Å². The maximum atomic E-state index is 11.6. The zero-order valence-electron chi connectivity index (χ0n) is 16.9. The number of carbonyl (C=O) groups excluding carboxylic acids is 1. The predicted molar refractivity (Wildman–Crippen MR) is 105 cm³/mol. The van der Waals surface area contributed by atoms with Crippen LogP contribution in [0.3, 0.4) is 0 Å². The van der Waals surface area contributed by atoms with E-state index in [1.165, 1.54) is 0 Å². The SMILES string of the molecule is CCNC(=NCCCCN1CCOCC1)NCCNC(=O)OC(C)(C)C. The van der Waals surface area contributed by atoms with Gasteiger partial charge in [-0.25, -0.2) is 4.79 Å². The molecule has 1 amide bonds. The quantitative estimate of drug-likeness (QED) is 0.320. The van der Waals surface area contributed by atoms with Crippen molar-refractivity contribution in [3.05, 3.63) is 0 Å². The van der Waals surface area contributed by atoms with Crippen molar-refractivity contribution in [2.75, 3.05) is 59.0 Å². The third-order valence-electron chi connectivity index (χ3n) is 3.69. The summed E-state index contributed by atoms with van der Waals surface area (Å²) in [6.07, 6.45) is 1.80. The maximum absolute atomic E-state index is 11.6. The van der Waals surface area contributed by atoms with Gasteiger partial charge in [-0.3, -0.25) is 9.89 Å². The van der Waals surface area contributed by atoms with Crippen LogP contribution in [0, 0.1) is 0 Å². The molecule has 1 heterocycles.